The van der Waals surface area contributed by atoms with Crippen molar-refractivity contribution in [2.45, 2.75) is 31.3 Å². The maximum Gasteiger partial charge on any atom is 0.262 e. The summed E-state index contributed by atoms with van der Waals surface area (Å²) in [6.45, 7) is 4.62. The standard InChI is InChI=1S/C19H18F2N2OS/c1-12(2)10-23-18(24)14-5-3-4-6-17(14)22-19(23)25-11-13-7-8-15(20)16(21)9-13/h3-9,12H,10-11H2,1-2H3. The SMILES string of the molecule is CC(C)Cn1c(SCc2ccc(F)c(F)c2)nc2ccccc2c1=O. The van der Waals surface area contributed by atoms with Gasteiger partial charge in [-0.25, -0.2) is 13.8 Å². The van der Waals surface area contributed by atoms with Crippen molar-refractivity contribution in [3.63, 3.8) is 0 Å². The summed E-state index contributed by atoms with van der Waals surface area (Å²) in [4.78, 5) is 17.4. The first kappa shape index (κ1) is 17.6. The van der Waals surface area contributed by atoms with E-state index < -0.39 is 11.6 Å². The molecule has 0 aliphatic rings. The number of benzene rings is 2. The Labute approximate surface area is 148 Å². The fraction of sp³-hybridized carbons (Fsp3) is 0.263. The molecule has 0 saturated carbocycles. The Balaban J connectivity index is 1.98. The molecule has 0 amide bonds. The smallest absolute Gasteiger partial charge is 0.262 e. The maximum absolute atomic E-state index is 13.4. The normalized spacial score (nSPS) is 11.4. The van der Waals surface area contributed by atoms with Crippen LogP contribution in [-0.4, -0.2) is 9.55 Å². The van der Waals surface area contributed by atoms with Crippen molar-refractivity contribution < 1.29 is 8.78 Å². The van der Waals surface area contributed by atoms with Gasteiger partial charge in [0.25, 0.3) is 5.56 Å². The number of nitrogens with zero attached hydrogens (tertiary/aromatic N) is 2. The van der Waals surface area contributed by atoms with Crippen molar-refractivity contribution in [2.24, 2.45) is 5.92 Å². The number of fused-ring (bicyclic) bond motifs is 1. The lowest BCUT2D eigenvalue weighted by Crippen LogP contribution is -2.25. The van der Waals surface area contributed by atoms with Gasteiger partial charge in [-0.05, 0) is 35.7 Å². The molecule has 3 aromatic rings. The van der Waals surface area contributed by atoms with Crippen LogP contribution in [0.3, 0.4) is 0 Å². The molecule has 0 bridgehead atoms. The van der Waals surface area contributed by atoms with Crippen LogP contribution in [0.1, 0.15) is 19.4 Å². The molecular formula is C19H18F2N2OS. The predicted octanol–water partition coefficient (Wildman–Crippen LogP) is 4.62. The van der Waals surface area contributed by atoms with Crippen LogP contribution in [0.2, 0.25) is 0 Å². The fourth-order valence-electron chi connectivity index (χ4n) is 2.56. The quantitative estimate of drug-likeness (QED) is 0.492. The highest BCUT2D eigenvalue weighted by atomic mass is 32.2. The summed E-state index contributed by atoms with van der Waals surface area (Å²) in [7, 11) is 0. The second-order valence-corrected chi connectivity index (χ2v) is 7.20. The molecule has 2 aromatic carbocycles. The number of halogens is 2. The largest absolute Gasteiger partial charge is 0.287 e. The zero-order chi connectivity index (χ0) is 18.0. The van der Waals surface area contributed by atoms with E-state index in [0.717, 1.165) is 6.07 Å². The number of rotatable bonds is 5. The van der Waals surface area contributed by atoms with E-state index in [1.807, 2.05) is 26.0 Å². The number of hydrogen-bond acceptors (Lipinski definition) is 3. The Morgan fingerprint density at radius 3 is 2.60 bits per heavy atom. The minimum atomic E-state index is -0.871. The lowest BCUT2D eigenvalue weighted by atomic mass is 10.2. The first-order chi connectivity index (χ1) is 12.0. The molecule has 0 spiro atoms. The van der Waals surface area contributed by atoms with Gasteiger partial charge < -0.3 is 0 Å². The molecule has 0 radical (unpaired) electrons. The molecule has 0 atom stereocenters. The molecule has 3 rings (SSSR count). The summed E-state index contributed by atoms with van der Waals surface area (Å²) < 4.78 is 28.1. The summed E-state index contributed by atoms with van der Waals surface area (Å²) in [5.41, 5.74) is 1.20. The Hall–Kier alpha value is -2.21. The number of aromatic nitrogens is 2. The van der Waals surface area contributed by atoms with Crippen LogP contribution >= 0.6 is 11.8 Å². The molecule has 0 saturated heterocycles. The molecule has 0 unspecified atom stereocenters. The molecule has 0 aliphatic heterocycles. The van der Waals surface area contributed by atoms with Gasteiger partial charge in [-0.15, -0.1) is 0 Å². The lowest BCUT2D eigenvalue weighted by molar-refractivity contribution is 0.475. The van der Waals surface area contributed by atoms with Gasteiger partial charge in [0.2, 0.25) is 0 Å². The van der Waals surface area contributed by atoms with Crippen molar-refractivity contribution in [1.82, 2.24) is 9.55 Å². The highest BCUT2D eigenvalue weighted by molar-refractivity contribution is 7.98. The van der Waals surface area contributed by atoms with E-state index in [0.29, 0.717) is 33.9 Å². The minimum Gasteiger partial charge on any atom is -0.287 e. The molecule has 0 fully saturated rings. The van der Waals surface area contributed by atoms with Gasteiger partial charge in [0.1, 0.15) is 0 Å². The summed E-state index contributed by atoms with van der Waals surface area (Å²) in [6, 6.07) is 11.1. The molecule has 6 heteroatoms. The molecular weight excluding hydrogens is 342 g/mol. The van der Waals surface area contributed by atoms with Gasteiger partial charge in [-0.3, -0.25) is 9.36 Å². The maximum atomic E-state index is 13.4. The van der Waals surface area contributed by atoms with E-state index in [2.05, 4.69) is 4.98 Å². The molecule has 130 valence electrons. The van der Waals surface area contributed by atoms with Gasteiger partial charge in [-0.2, -0.15) is 0 Å². The Kier molecular flexibility index (Phi) is 5.18. The molecule has 0 N–H and O–H groups in total. The Morgan fingerprint density at radius 1 is 1.12 bits per heavy atom. The van der Waals surface area contributed by atoms with Crippen LogP contribution in [0, 0.1) is 17.6 Å². The monoisotopic (exact) mass is 360 g/mol. The number of thioether (sulfide) groups is 1. The van der Waals surface area contributed by atoms with Gasteiger partial charge >= 0.3 is 0 Å². The Morgan fingerprint density at radius 2 is 1.88 bits per heavy atom. The zero-order valence-corrected chi connectivity index (χ0v) is 14.8. The van der Waals surface area contributed by atoms with Crippen LogP contribution < -0.4 is 5.56 Å². The van der Waals surface area contributed by atoms with Gasteiger partial charge in [0, 0.05) is 12.3 Å². The van der Waals surface area contributed by atoms with Crippen LogP contribution in [-0.2, 0) is 12.3 Å². The third-order valence-electron chi connectivity index (χ3n) is 3.73. The zero-order valence-electron chi connectivity index (χ0n) is 14.0. The molecule has 1 heterocycles. The highest BCUT2D eigenvalue weighted by Crippen LogP contribution is 2.23. The average Bonchev–Trinajstić information content (AvgIpc) is 2.58. The summed E-state index contributed by atoms with van der Waals surface area (Å²) in [5.74, 6) is -1.05. The first-order valence-electron chi connectivity index (χ1n) is 8.02. The van der Waals surface area contributed by atoms with E-state index in [1.165, 1.54) is 23.9 Å². The fourth-order valence-corrected chi connectivity index (χ4v) is 3.51. The van der Waals surface area contributed by atoms with Crippen LogP contribution in [0.15, 0.2) is 52.4 Å². The average molecular weight is 360 g/mol. The van der Waals surface area contributed by atoms with E-state index >= 15 is 0 Å². The first-order valence-corrected chi connectivity index (χ1v) is 9.00. The van der Waals surface area contributed by atoms with Crippen molar-refractivity contribution >= 4 is 22.7 Å². The highest BCUT2D eigenvalue weighted by Gasteiger charge is 2.13. The van der Waals surface area contributed by atoms with Crippen LogP contribution in [0.5, 0.6) is 0 Å². The summed E-state index contributed by atoms with van der Waals surface area (Å²) in [5, 5.41) is 1.17. The van der Waals surface area contributed by atoms with E-state index in [4.69, 9.17) is 0 Å². The number of hydrogen-bond donors (Lipinski definition) is 0. The molecule has 3 nitrogen and oxygen atoms in total. The second-order valence-electron chi connectivity index (χ2n) is 6.26. The minimum absolute atomic E-state index is 0.0768. The molecule has 25 heavy (non-hydrogen) atoms. The molecule has 1 aromatic heterocycles. The van der Waals surface area contributed by atoms with E-state index in [1.54, 1.807) is 16.7 Å². The second kappa shape index (κ2) is 7.35. The van der Waals surface area contributed by atoms with Gasteiger partial charge in [0.05, 0.1) is 10.9 Å². The predicted molar refractivity (Wildman–Crippen MR) is 96.8 cm³/mol. The van der Waals surface area contributed by atoms with Crippen molar-refractivity contribution in [3.05, 3.63) is 70.0 Å². The van der Waals surface area contributed by atoms with Crippen molar-refractivity contribution in [1.29, 1.82) is 0 Å². The topological polar surface area (TPSA) is 34.9 Å². The van der Waals surface area contributed by atoms with E-state index in [9.17, 15) is 13.6 Å². The third-order valence-corrected chi connectivity index (χ3v) is 4.77. The third kappa shape index (κ3) is 3.90. The van der Waals surface area contributed by atoms with Crippen LogP contribution in [0.25, 0.3) is 10.9 Å². The summed E-state index contributed by atoms with van der Waals surface area (Å²) >= 11 is 1.35. The van der Waals surface area contributed by atoms with Crippen molar-refractivity contribution in [3.8, 4) is 0 Å². The van der Waals surface area contributed by atoms with Gasteiger partial charge in [-0.1, -0.05) is 43.8 Å². The lowest BCUT2D eigenvalue weighted by Gasteiger charge is -2.15. The van der Waals surface area contributed by atoms with Crippen molar-refractivity contribution in [2.75, 3.05) is 0 Å². The summed E-state index contributed by atoms with van der Waals surface area (Å²) in [6.07, 6.45) is 0. The Bertz CT molecular complexity index is 969. The van der Waals surface area contributed by atoms with E-state index in [-0.39, 0.29) is 11.5 Å². The van der Waals surface area contributed by atoms with Crippen LogP contribution in [0.4, 0.5) is 8.78 Å². The van der Waals surface area contributed by atoms with Gasteiger partial charge in [0.15, 0.2) is 16.8 Å². The molecule has 0 aliphatic carbocycles. The number of para-hydroxylation sites is 1.